The third-order valence-corrected chi connectivity index (χ3v) is 12.8. The molecule has 1 heterocycles. The first kappa shape index (κ1) is 31.1. The van der Waals surface area contributed by atoms with Crippen molar-refractivity contribution in [1.29, 1.82) is 0 Å². The number of unbranched alkanes of at least 4 members (excludes halogenated alkanes) is 15. The van der Waals surface area contributed by atoms with Crippen LogP contribution < -0.4 is 15.3 Å². The summed E-state index contributed by atoms with van der Waals surface area (Å²) >= 11 is 0. The van der Waals surface area contributed by atoms with E-state index in [4.69, 9.17) is 0 Å². The van der Waals surface area contributed by atoms with E-state index in [0.29, 0.717) is 0 Å². The van der Waals surface area contributed by atoms with Crippen LogP contribution in [0.2, 0.25) is 0 Å². The fourth-order valence-electron chi connectivity index (χ4n) is 5.24. The van der Waals surface area contributed by atoms with Crippen LogP contribution in [0.15, 0.2) is 12.2 Å². The van der Waals surface area contributed by atoms with Crippen LogP contribution in [-0.4, -0.2) is 32.0 Å². The summed E-state index contributed by atoms with van der Waals surface area (Å²) in [5.41, 5.74) is 0. The maximum atomic E-state index is 4.22. The van der Waals surface area contributed by atoms with Crippen LogP contribution in [0.3, 0.4) is 0 Å². The van der Waals surface area contributed by atoms with Crippen molar-refractivity contribution in [3.63, 3.8) is 0 Å². The minimum absolute atomic E-state index is 1.17. The molecular formula is C29H62N3P. The Morgan fingerprint density at radius 2 is 0.848 bits per heavy atom. The van der Waals surface area contributed by atoms with Crippen molar-refractivity contribution >= 4 is 7.06 Å². The first-order chi connectivity index (χ1) is 16.2. The molecular weight excluding hydrogens is 421 g/mol. The average Bonchev–Trinajstić information content (AvgIpc) is 2.83. The molecule has 4 heteroatoms. The number of nitrogens with one attached hydrogen (secondary N) is 3. The van der Waals surface area contributed by atoms with Crippen LogP contribution in [0.5, 0.6) is 0 Å². The van der Waals surface area contributed by atoms with Crippen LogP contribution in [0.4, 0.5) is 0 Å². The second-order valence-corrected chi connectivity index (χ2v) is 15.5. The molecule has 3 N–H and O–H groups in total. The van der Waals surface area contributed by atoms with Gasteiger partial charge in [-0.2, -0.15) is 0 Å². The quantitative estimate of drug-likeness (QED) is 0.0727. The molecule has 1 aliphatic heterocycles. The summed E-state index contributed by atoms with van der Waals surface area (Å²) in [5, 5.41) is 12.7. The van der Waals surface area contributed by atoms with Crippen molar-refractivity contribution in [2.45, 2.75) is 143 Å². The summed E-state index contributed by atoms with van der Waals surface area (Å²) in [7, 11) is -2.29. The summed E-state index contributed by atoms with van der Waals surface area (Å²) in [6, 6.07) is 0. The molecule has 0 saturated carbocycles. The number of hydrogen-bond donors (Lipinski definition) is 3. The Kier molecular flexibility index (Phi) is 19.1. The molecule has 0 aromatic heterocycles. The van der Waals surface area contributed by atoms with Crippen LogP contribution in [0.25, 0.3) is 0 Å². The molecule has 0 aromatic rings. The molecule has 198 valence electrons. The van der Waals surface area contributed by atoms with Crippen molar-refractivity contribution in [2.75, 3.05) is 32.0 Å². The molecule has 0 atom stereocenters. The van der Waals surface area contributed by atoms with Gasteiger partial charge in [0.1, 0.15) is 0 Å². The van der Waals surface area contributed by atoms with E-state index in [9.17, 15) is 0 Å². The Bertz CT molecular complexity index is 417. The Morgan fingerprint density at radius 3 is 1.18 bits per heavy atom. The third-order valence-electron chi connectivity index (χ3n) is 7.54. The van der Waals surface area contributed by atoms with Gasteiger partial charge in [0.25, 0.3) is 0 Å². The zero-order valence-electron chi connectivity index (χ0n) is 23.1. The van der Waals surface area contributed by atoms with Gasteiger partial charge in [-0.1, -0.05) is 0 Å². The van der Waals surface area contributed by atoms with E-state index >= 15 is 0 Å². The monoisotopic (exact) mass is 483 g/mol. The van der Waals surface area contributed by atoms with Crippen LogP contribution in [0, 0.1) is 0 Å². The first-order valence-electron chi connectivity index (χ1n) is 15.1. The van der Waals surface area contributed by atoms with Gasteiger partial charge in [-0.3, -0.25) is 0 Å². The van der Waals surface area contributed by atoms with Crippen molar-refractivity contribution in [3.05, 3.63) is 12.2 Å². The minimum atomic E-state index is -2.29. The van der Waals surface area contributed by atoms with Crippen molar-refractivity contribution in [3.8, 4) is 0 Å². The molecule has 0 bridgehead atoms. The molecule has 0 saturated heterocycles. The molecule has 1 rings (SSSR count). The standard InChI is InChI=1S/C29H62N3P/c1-4-7-10-13-16-20-25-30-33(28-23-19-24-29-33,31-26-21-17-14-11-8-5-2)32-27-22-18-15-12-9-6-3/h19,23,30-32H,4-18,20-22,24-29H2,1-3H3. The average molecular weight is 484 g/mol. The second kappa shape index (κ2) is 20.3. The van der Waals surface area contributed by atoms with E-state index < -0.39 is 7.06 Å². The molecule has 0 amide bonds. The Morgan fingerprint density at radius 1 is 0.485 bits per heavy atom. The number of rotatable bonds is 24. The summed E-state index contributed by atoms with van der Waals surface area (Å²) in [6.07, 6.45) is 33.3. The van der Waals surface area contributed by atoms with Crippen molar-refractivity contribution in [1.82, 2.24) is 15.3 Å². The van der Waals surface area contributed by atoms with Gasteiger partial charge in [0.05, 0.1) is 0 Å². The van der Waals surface area contributed by atoms with Gasteiger partial charge in [-0.25, -0.2) is 0 Å². The van der Waals surface area contributed by atoms with Gasteiger partial charge >= 0.3 is 209 Å². The topological polar surface area (TPSA) is 36.1 Å². The van der Waals surface area contributed by atoms with Crippen molar-refractivity contribution in [2.24, 2.45) is 0 Å². The van der Waals surface area contributed by atoms with Crippen LogP contribution >= 0.6 is 7.06 Å². The van der Waals surface area contributed by atoms with Crippen LogP contribution in [0.1, 0.15) is 143 Å². The van der Waals surface area contributed by atoms with Gasteiger partial charge in [-0.05, 0) is 0 Å². The molecule has 0 radical (unpaired) electrons. The maximum absolute atomic E-state index is 4.22. The Labute approximate surface area is 209 Å². The molecule has 1 aliphatic rings. The fraction of sp³-hybridized carbons (Fsp3) is 0.931. The van der Waals surface area contributed by atoms with E-state index in [2.05, 4.69) is 48.2 Å². The summed E-state index contributed by atoms with van der Waals surface area (Å²) in [6.45, 7) is 10.4. The third kappa shape index (κ3) is 14.3. The zero-order valence-corrected chi connectivity index (χ0v) is 24.0. The van der Waals surface area contributed by atoms with Gasteiger partial charge < -0.3 is 0 Å². The first-order valence-corrected chi connectivity index (χ1v) is 17.7. The predicted molar refractivity (Wildman–Crippen MR) is 155 cm³/mol. The summed E-state index contributed by atoms with van der Waals surface area (Å²) in [4.78, 5) is 0. The Hall–Kier alpha value is 0.0500. The second-order valence-electron chi connectivity index (χ2n) is 10.7. The Balaban J connectivity index is 2.59. The summed E-state index contributed by atoms with van der Waals surface area (Å²) < 4.78 is 0. The molecule has 0 aromatic carbocycles. The normalized spacial score (nSPS) is 18.2. The van der Waals surface area contributed by atoms with Gasteiger partial charge in [0.15, 0.2) is 0 Å². The van der Waals surface area contributed by atoms with E-state index in [0.717, 1.165) is 0 Å². The van der Waals surface area contributed by atoms with Crippen LogP contribution in [-0.2, 0) is 0 Å². The molecule has 0 unspecified atom stereocenters. The molecule has 33 heavy (non-hydrogen) atoms. The molecule has 0 spiro atoms. The van der Waals surface area contributed by atoms with E-state index in [1.54, 1.807) is 0 Å². The van der Waals surface area contributed by atoms with Gasteiger partial charge in [-0.15, -0.1) is 0 Å². The van der Waals surface area contributed by atoms with Gasteiger partial charge in [0, 0.05) is 0 Å². The van der Waals surface area contributed by atoms with E-state index in [-0.39, 0.29) is 0 Å². The number of allylic oxidation sites excluding steroid dienone is 2. The van der Waals surface area contributed by atoms with Crippen molar-refractivity contribution < 1.29 is 0 Å². The number of hydrogen-bond acceptors (Lipinski definition) is 3. The molecule has 3 nitrogen and oxygen atoms in total. The van der Waals surface area contributed by atoms with E-state index in [1.807, 2.05) is 0 Å². The fourth-order valence-corrected chi connectivity index (χ4v) is 10.0. The van der Waals surface area contributed by atoms with E-state index in [1.165, 1.54) is 154 Å². The molecule has 0 aliphatic carbocycles. The summed E-state index contributed by atoms with van der Waals surface area (Å²) in [5.74, 6) is 0. The van der Waals surface area contributed by atoms with Gasteiger partial charge in [0.2, 0.25) is 0 Å². The SMILES string of the molecule is CCCCCCCCNP1(NCCCCCCCC)(NCCCCCCCC)CC=CCC1. The molecule has 0 fully saturated rings. The predicted octanol–water partition coefficient (Wildman–Crippen LogP) is 9.09. The zero-order chi connectivity index (χ0) is 24.0.